The van der Waals surface area contributed by atoms with Gasteiger partial charge >= 0.3 is 0 Å². The smallest absolute Gasteiger partial charge is 0.236 e. The van der Waals surface area contributed by atoms with Crippen molar-refractivity contribution in [2.75, 3.05) is 11.1 Å². The second-order valence-corrected chi connectivity index (χ2v) is 9.39. The molecule has 0 saturated heterocycles. The molecule has 0 spiro atoms. The molecule has 0 aliphatic heterocycles. The van der Waals surface area contributed by atoms with Crippen molar-refractivity contribution >= 4 is 56.2 Å². The Bertz CT molecular complexity index is 1210. The Morgan fingerprint density at radius 3 is 2.93 bits per heavy atom. The van der Waals surface area contributed by atoms with Gasteiger partial charge in [0.1, 0.15) is 5.52 Å². The number of thioether (sulfide) groups is 1. The number of rotatable bonds is 6. The van der Waals surface area contributed by atoms with Crippen molar-refractivity contribution in [3.05, 3.63) is 34.8 Å². The molecule has 0 fully saturated rings. The molecule has 0 saturated carbocycles. The van der Waals surface area contributed by atoms with Crippen LogP contribution in [0.4, 0.5) is 5.13 Å². The normalized spacial score (nSPS) is 13.6. The Balaban J connectivity index is 1.32. The molecule has 9 heteroatoms. The van der Waals surface area contributed by atoms with Gasteiger partial charge in [0, 0.05) is 16.8 Å². The van der Waals surface area contributed by atoms with Crippen molar-refractivity contribution in [3.8, 4) is 0 Å². The molecule has 4 aromatic rings. The van der Waals surface area contributed by atoms with E-state index in [9.17, 15) is 4.79 Å². The van der Waals surface area contributed by atoms with E-state index in [2.05, 4.69) is 38.1 Å². The quantitative estimate of drug-likeness (QED) is 0.448. The monoisotopic (exact) mass is 438 g/mol. The number of nitrogens with one attached hydrogen (secondary N) is 1. The van der Waals surface area contributed by atoms with E-state index in [1.54, 1.807) is 11.3 Å². The SMILES string of the molecule is CCCn1c2ccccc2c2nnc(SCC(=O)Nc3nc4c(s3)CCCC4)nc21. The number of nitrogens with zero attached hydrogens (tertiary/aromatic N) is 5. The number of fused-ring (bicyclic) bond motifs is 4. The number of aryl methyl sites for hydroxylation is 3. The Kier molecular flexibility index (Phi) is 5.39. The number of para-hydroxylation sites is 1. The molecule has 7 nitrogen and oxygen atoms in total. The summed E-state index contributed by atoms with van der Waals surface area (Å²) in [5.41, 5.74) is 3.89. The van der Waals surface area contributed by atoms with Gasteiger partial charge in [-0.3, -0.25) is 4.79 Å². The van der Waals surface area contributed by atoms with Crippen molar-refractivity contribution in [2.45, 2.75) is 50.7 Å². The van der Waals surface area contributed by atoms with Gasteiger partial charge in [0.15, 0.2) is 10.8 Å². The van der Waals surface area contributed by atoms with Crippen LogP contribution in [0.15, 0.2) is 29.4 Å². The first kappa shape index (κ1) is 19.4. The van der Waals surface area contributed by atoms with E-state index in [4.69, 9.17) is 4.98 Å². The fourth-order valence-electron chi connectivity index (χ4n) is 3.89. The topological polar surface area (TPSA) is 85.6 Å². The van der Waals surface area contributed by atoms with Crippen LogP contribution in [0, 0.1) is 0 Å². The van der Waals surface area contributed by atoms with Gasteiger partial charge in [0.25, 0.3) is 0 Å². The molecule has 0 bridgehead atoms. The zero-order valence-electron chi connectivity index (χ0n) is 16.7. The highest BCUT2D eigenvalue weighted by atomic mass is 32.2. The maximum atomic E-state index is 12.4. The van der Waals surface area contributed by atoms with Crippen LogP contribution in [0.2, 0.25) is 0 Å². The van der Waals surface area contributed by atoms with Crippen molar-refractivity contribution in [1.82, 2.24) is 24.7 Å². The molecule has 3 aromatic heterocycles. The van der Waals surface area contributed by atoms with Crippen LogP contribution < -0.4 is 5.32 Å². The average Bonchev–Trinajstić information content (AvgIpc) is 3.31. The number of benzene rings is 1. The Morgan fingerprint density at radius 1 is 1.20 bits per heavy atom. The van der Waals surface area contributed by atoms with Gasteiger partial charge < -0.3 is 9.88 Å². The summed E-state index contributed by atoms with van der Waals surface area (Å²) in [5.74, 6) is 0.134. The molecule has 1 N–H and O–H groups in total. The molecule has 1 aliphatic rings. The van der Waals surface area contributed by atoms with Crippen LogP contribution in [0.1, 0.15) is 36.8 Å². The van der Waals surface area contributed by atoms with Gasteiger partial charge in [-0.1, -0.05) is 36.9 Å². The third kappa shape index (κ3) is 3.67. The van der Waals surface area contributed by atoms with Gasteiger partial charge in [0.05, 0.1) is 17.0 Å². The number of carbonyl (C=O) groups excluding carboxylic acids is 1. The molecular formula is C21H22N6OS2. The van der Waals surface area contributed by atoms with E-state index in [1.807, 2.05) is 18.2 Å². The summed E-state index contributed by atoms with van der Waals surface area (Å²) >= 11 is 2.90. The Hall–Kier alpha value is -2.52. The fraction of sp³-hybridized carbons (Fsp3) is 0.381. The molecule has 1 amide bonds. The molecule has 5 rings (SSSR count). The van der Waals surface area contributed by atoms with Crippen LogP contribution in [-0.2, 0) is 24.2 Å². The fourth-order valence-corrected chi connectivity index (χ4v) is 5.54. The van der Waals surface area contributed by atoms with Crippen LogP contribution in [0.25, 0.3) is 22.1 Å². The summed E-state index contributed by atoms with van der Waals surface area (Å²) < 4.78 is 2.18. The zero-order valence-corrected chi connectivity index (χ0v) is 18.4. The number of thiazole rings is 1. The first-order valence-corrected chi connectivity index (χ1v) is 12.1. The summed E-state index contributed by atoms with van der Waals surface area (Å²) in [6, 6.07) is 8.16. The number of carbonyl (C=O) groups is 1. The lowest BCUT2D eigenvalue weighted by Crippen LogP contribution is -2.14. The summed E-state index contributed by atoms with van der Waals surface area (Å²) in [6.45, 7) is 3.01. The molecular weight excluding hydrogens is 416 g/mol. The van der Waals surface area contributed by atoms with E-state index in [0.717, 1.165) is 53.6 Å². The number of anilines is 1. The third-order valence-corrected chi connectivity index (χ3v) is 7.14. The lowest BCUT2D eigenvalue weighted by Gasteiger charge is -2.06. The standard InChI is InChI=1S/C21H22N6OS2/c1-2-11-27-15-9-5-3-7-13(15)18-19(27)24-21(26-25-18)29-12-17(28)23-20-22-14-8-4-6-10-16(14)30-20/h3,5,7,9H,2,4,6,8,10-12H2,1H3,(H,22,23,28). The molecule has 0 unspecified atom stereocenters. The minimum Gasteiger partial charge on any atom is -0.324 e. The predicted octanol–water partition coefficient (Wildman–Crippen LogP) is 4.46. The van der Waals surface area contributed by atoms with Crippen LogP contribution in [0.5, 0.6) is 0 Å². The molecule has 1 aliphatic carbocycles. The van der Waals surface area contributed by atoms with Crippen LogP contribution in [0.3, 0.4) is 0 Å². The third-order valence-electron chi connectivity index (χ3n) is 5.23. The van der Waals surface area contributed by atoms with Gasteiger partial charge in [-0.15, -0.1) is 21.5 Å². The van der Waals surface area contributed by atoms with E-state index in [1.165, 1.54) is 29.5 Å². The molecule has 154 valence electrons. The van der Waals surface area contributed by atoms with E-state index >= 15 is 0 Å². The Morgan fingerprint density at radius 2 is 2.07 bits per heavy atom. The molecule has 30 heavy (non-hydrogen) atoms. The average molecular weight is 439 g/mol. The highest BCUT2D eigenvalue weighted by Crippen LogP contribution is 2.30. The van der Waals surface area contributed by atoms with Gasteiger partial charge in [-0.05, 0) is 38.2 Å². The van der Waals surface area contributed by atoms with Crippen molar-refractivity contribution in [3.63, 3.8) is 0 Å². The lowest BCUT2D eigenvalue weighted by molar-refractivity contribution is -0.113. The number of hydrogen-bond donors (Lipinski definition) is 1. The molecule has 0 radical (unpaired) electrons. The largest absolute Gasteiger partial charge is 0.324 e. The summed E-state index contributed by atoms with van der Waals surface area (Å²) in [6.07, 6.45) is 5.48. The number of hydrogen-bond acceptors (Lipinski definition) is 7. The lowest BCUT2D eigenvalue weighted by atomic mass is 10.0. The van der Waals surface area contributed by atoms with Crippen molar-refractivity contribution in [1.29, 1.82) is 0 Å². The second-order valence-electron chi connectivity index (χ2n) is 7.37. The zero-order chi connectivity index (χ0) is 20.5. The summed E-state index contributed by atoms with van der Waals surface area (Å²) in [4.78, 5) is 23.0. The molecule has 1 aromatic carbocycles. The maximum absolute atomic E-state index is 12.4. The van der Waals surface area contributed by atoms with Crippen molar-refractivity contribution in [2.24, 2.45) is 0 Å². The minimum atomic E-state index is -0.0936. The van der Waals surface area contributed by atoms with Crippen LogP contribution >= 0.6 is 23.1 Å². The first-order chi connectivity index (χ1) is 14.7. The van der Waals surface area contributed by atoms with Crippen molar-refractivity contribution < 1.29 is 4.79 Å². The van der Waals surface area contributed by atoms with Gasteiger partial charge in [-0.25, -0.2) is 9.97 Å². The second kappa shape index (κ2) is 8.31. The van der Waals surface area contributed by atoms with Gasteiger partial charge in [-0.2, -0.15) is 0 Å². The highest BCUT2D eigenvalue weighted by molar-refractivity contribution is 7.99. The number of aromatic nitrogens is 5. The highest BCUT2D eigenvalue weighted by Gasteiger charge is 2.18. The summed E-state index contributed by atoms with van der Waals surface area (Å²) in [5, 5.41) is 13.9. The molecule has 3 heterocycles. The number of amides is 1. The van der Waals surface area contributed by atoms with Gasteiger partial charge in [0.2, 0.25) is 11.1 Å². The predicted molar refractivity (Wildman–Crippen MR) is 121 cm³/mol. The van der Waals surface area contributed by atoms with Crippen LogP contribution in [-0.4, -0.2) is 36.4 Å². The molecule has 0 atom stereocenters. The maximum Gasteiger partial charge on any atom is 0.236 e. The van der Waals surface area contributed by atoms with E-state index in [0.29, 0.717) is 10.3 Å². The summed E-state index contributed by atoms with van der Waals surface area (Å²) in [7, 11) is 0. The minimum absolute atomic E-state index is 0.0936. The van der Waals surface area contributed by atoms with E-state index in [-0.39, 0.29) is 11.7 Å². The Labute approximate surface area is 182 Å². The first-order valence-electron chi connectivity index (χ1n) is 10.3. The van der Waals surface area contributed by atoms with E-state index < -0.39 is 0 Å².